The van der Waals surface area contributed by atoms with E-state index in [1.807, 2.05) is 32.0 Å². The molecule has 0 spiro atoms. The number of urea groups is 1. The van der Waals surface area contributed by atoms with E-state index >= 15 is 0 Å². The van der Waals surface area contributed by atoms with E-state index in [1.165, 1.54) is 0 Å². The van der Waals surface area contributed by atoms with Crippen LogP contribution in [0, 0.1) is 5.92 Å². The van der Waals surface area contributed by atoms with Crippen molar-refractivity contribution in [2.75, 3.05) is 22.1 Å². The number of benzene rings is 2. The minimum Gasteiger partial charge on any atom is -0.326 e. The third-order valence-electron chi connectivity index (χ3n) is 4.86. The predicted octanol–water partition coefficient (Wildman–Crippen LogP) is 4.25. The van der Waals surface area contributed by atoms with Crippen molar-refractivity contribution in [3.63, 3.8) is 0 Å². The van der Waals surface area contributed by atoms with Gasteiger partial charge in [0.2, 0.25) is 11.8 Å². The Balaban J connectivity index is 1.70. The summed E-state index contributed by atoms with van der Waals surface area (Å²) in [5, 5.41) is 8.56. The number of anilines is 3. The van der Waals surface area contributed by atoms with Crippen molar-refractivity contribution in [1.82, 2.24) is 5.32 Å². The summed E-state index contributed by atoms with van der Waals surface area (Å²) in [6.45, 7) is 4.33. The Morgan fingerprint density at radius 2 is 1.80 bits per heavy atom. The zero-order valence-electron chi connectivity index (χ0n) is 16.9. The van der Waals surface area contributed by atoms with Gasteiger partial charge in [0.1, 0.15) is 6.04 Å². The van der Waals surface area contributed by atoms with Crippen LogP contribution in [0.3, 0.4) is 0 Å². The summed E-state index contributed by atoms with van der Waals surface area (Å²) >= 11 is 6.26. The molecule has 0 aliphatic carbocycles. The fourth-order valence-electron chi connectivity index (χ4n) is 3.27. The molecule has 0 bridgehead atoms. The van der Waals surface area contributed by atoms with Crippen LogP contribution in [0.5, 0.6) is 0 Å². The molecule has 30 heavy (non-hydrogen) atoms. The first kappa shape index (κ1) is 21.6. The first-order valence-corrected chi connectivity index (χ1v) is 10.3. The van der Waals surface area contributed by atoms with Gasteiger partial charge in [-0.15, -0.1) is 0 Å². The fraction of sp³-hybridized carbons (Fsp3) is 0.318. The zero-order valence-corrected chi connectivity index (χ0v) is 17.7. The van der Waals surface area contributed by atoms with Crippen molar-refractivity contribution in [1.29, 1.82) is 0 Å². The number of amides is 4. The number of carbonyl (C=O) groups is 3. The standard InChI is InChI=1S/C22H25ClN4O3/c1-14(2)20(26-22(30)24-15-7-4-3-5-8-15)21(29)25-18-13-16(10-11-17(18)23)27-12-6-9-19(27)28/h3-5,7-8,10-11,13-14,20H,6,9,12H2,1-2H3,(H,25,29)(H2,24,26,30). The monoisotopic (exact) mass is 428 g/mol. The molecular formula is C22H25ClN4O3. The first-order chi connectivity index (χ1) is 14.3. The number of nitrogens with one attached hydrogen (secondary N) is 3. The molecule has 1 aliphatic heterocycles. The van der Waals surface area contributed by atoms with Crippen molar-refractivity contribution in [2.24, 2.45) is 5.92 Å². The third-order valence-corrected chi connectivity index (χ3v) is 5.19. The largest absolute Gasteiger partial charge is 0.326 e. The summed E-state index contributed by atoms with van der Waals surface area (Å²) in [6.07, 6.45) is 1.32. The highest BCUT2D eigenvalue weighted by Crippen LogP contribution is 2.30. The van der Waals surface area contributed by atoms with Gasteiger partial charge in [-0.1, -0.05) is 43.6 Å². The van der Waals surface area contributed by atoms with Crippen LogP contribution in [0.15, 0.2) is 48.5 Å². The summed E-state index contributed by atoms with van der Waals surface area (Å²) in [5.41, 5.74) is 1.71. The Morgan fingerprint density at radius 1 is 1.07 bits per heavy atom. The number of carbonyl (C=O) groups excluding carboxylic acids is 3. The van der Waals surface area contributed by atoms with Crippen LogP contribution in [0.2, 0.25) is 5.02 Å². The molecule has 1 saturated heterocycles. The van der Waals surface area contributed by atoms with Crippen molar-refractivity contribution >= 4 is 46.5 Å². The highest BCUT2D eigenvalue weighted by atomic mass is 35.5. The molecule has 2 aromatic rings. The predicted molar refractivity (Wildman–Crippen MR) is 119 cm³/mol. The van der Waals surface area contributed by atoms with Gasteiger partial charge >= 0.3 is 6.03 Å². The summed E-state index contributed by atoms with van der Waals surface area (Å²) in [5.74, 6) is -0.498. The van der Waals surface area contributed by atoms with E-state index in [0.717, 1.165) is 6.42 Å². The molecule has 3 N–H and O–H groups in total. The molecule has 1 atom stereocenters. The molecule has 2 aromatic carbocycles. The molecule has 1 unspecified atom stereocenters. The second kappa shape index (κ2) is 9.63. The molecule has 0 saturated carbocycles. The Morgan fingerprint density at radius 3 is 2.43 bits per heavy atom. The van der Waals surface area contributed by atoms with Gasteiger partial charge in [0.25, 0.3) is 0 Å². The topological polar surface area (TPSA) is 90.5 Å². The zero-order chi connectivity index (χ0) is 21.7. The number of hydrogen-bond donors (Lipinski definition) is 3. The van der Waals surface area contributed by atoms with Gasteiger partial charge in [0.15, 0.2) is 0 Å². The molecule has 158 valence electrons. The van der Waals surface area contributed by atoms with Crippen molar-refractivity contribution in [2.45, 2.75) is 32.7 Å². The summed E-state index contributed by atoms with van der Waals surface area (Å²) in [6, 6.07) is 12.8. The molecule has 0 radical (unpaired) electrons. The molecule has 1 aliphatic rings. The number of halogens is 1. The van der Waals surface area contributed by atoms with Gasteiger partial charge in [0, 0.05) is 24.3 Å². The molecule has 1 heterocycles. The molecule has 0 aromatic heterocycles. The van der Waals surface area contributed by atoms with Gasteiger partial charge < -0.3 is 20.9 Å². The van der Waals surface area contributed by atoms with Crippen LogP contribution in [0.25, 0.3) is 0 Å². The quantitative estimate of drug-likeness (QED) is 0.642. The minimum atomic E-state index is -0.776. The summed E-state index contributed by atoms with van der Waals surface area (Å²) in [4.78, 5) is 38.9. The number of nitrogens with zero attached hydrogens (tertiary/aromatic N) is 1. The van der Waals surface area contributed by atoms with Crippen LogP contribution in [-0.2, 0) is 9.59 Å². The van der Waals surface area contributed by atoms with E-state index in [9.17, 15) is 14.4 Å². The van der Waals surface area contributed by atoms with Gasteiger partial charge in [-0.3, -0.25) is 9.59 Å². The van der Waals surface area contributed by atoms with Crippen LogP contribution >= 0.6 is 11.6 Å². The maximum Gasteiger partial charge on any atom is 0.319 e. The normalized spacial score (nSPS) is 14.5. The highest BCUT2D eigenvalue weighted by molar-refractivity contribution is 6.34. The lowest BCUT2D eigenvalue weighted by Gasteiger charge is -2.23. The van der Waals surface area contributed by atoms with Crippen LogP contribution in [0.4, 0.5) is 21.9 Å². The lowest BCUT2D eigenvalue weighted by Crippen LogP contribution is -2.48. The van der Waals surface area contributed by atoms with Gasteiger partial charge in [-0.2, -0.15) is 0 Å². The average Bonchev–Trinajstić information content (AvgIpc) is 3.14. The smallest absolute Gasteiger partial charge is 0.319 e. The maximum absolute atomic E-state index is 12.9. The van der Waals surface area contributed by atoms with E-state index in [4.69, 9.17) is 11.6 Å². The Labute approximate surface area is 180 Å². The van der Waals surface area contributed by atoms with Gasteiger partial charge in [-0.05, 0) is 42.7 Å². The summed E-state index contributed by atoms with van der Waals surface area (Å²) < 4.78 is 0. The first-order valence-electron chi connectivity index (χ1n) is 9.88. The average molecular weight is 429 g/mol. The van der Waals surface area contributed by atoms with Crippen molar-refractivity contribution in [3.05, 3.63) is 53.6 Å². The number of hydrogen-bond acceptors (Lipinski definition) is 3. The summed E-state index contributed by atoms with van der Waals surface area (Å²) in [7, 11) is 0. The Kier molecular flexibility index (Phi) is 6.95. The molecular weight excluding hydrogens is 404 g/mol. The highest BCUT2D eigenvalue weighted by Gasteiger charge is 2.26. The second-order valence-corrected chi connectivity index (χ2v) is 7.90. The third kappa shape index (κ3) is 5.30. The molecule has 4 amide bonds. The van der Waals surface area contributed by atoms with Crippen molar-refractivity contribution < 1.29 is 14.4 Å². The van der Waals surface area contributed by atoms with Crippen molar-refractivity contribution in [3.8, 4) is 0 Å². The maximum atomic E-state index is 12.9. The second-order valence-electron chi connectivity index (χ2n) is 7.49. The Hall–Kier alpha value is -3.06. The molecule has 1 fully saturated rings. The van der Waals surface area contributed by atoms with E-state index < -0.39 is 12.1 Å². The SMILES string of the molecule is CC(C)C(NC(=O)Nc1ccccc1)C(=O)Nc1cc(N2CCCC2=O)ccc1Cl. The Bertz CT molecular complexity index is 933. The lowest BCUT2D eigenvalue weighted by atomic mass is 10.0. The lowest BCUT2D eigenvalue weighted by molar-refractivity contribution is -0.119. The minimum absolute atomic E-state index is 0.0499. The molecule has 3 rings (SSSR count). The van der Waals surface area contributed by atoms with E-state index in [0.29, 0.717) is 35.1 Å². The van der Waals surface area contributed by atoms with Crippen LogP contribution < -0.4 is 20.9 Å². The number of para-hydroxylation sites is 1. The molecule has 8 heteroatoms. The van der Waals surface area contributed by atoms with E-state index in [-0.39, 0.29) is 17.7 Å². The van der Waals surface area contributed by atoms with E-state index in [2.05, 4.69) is 16.0 Å². The number of rotatable bonds is 6. The van der Waals surface area contributed by atoms with E-state index in [1.54, 1.807) is 35.2 Å². The van der Waals surface area contributed by atoms with Gasteiger partial charge in [0.05, 0.1) is 10.7 Å². The van der Waals surface area contributed by atoms with Crippen LogP contribution in [-0.4, -0.2) is 30.4 Å². The fourth-order valence-corrected chi connectivity index (χ4v) is 3.44. The van der Waals surface area contributed by atoms with Gasteiger partial charge in [-0.25, -0.2) is 4.79 Å². The molecule has 7 nitrogen and oxygen atoms in total. The van der Waals surface area contributed by atoms with Crippen LogP contribution in [0.1, 0.15) is 26.7 Å².